The Morgan fingerprint density at radius 1 is 0.857 bits per heavy atom. The van der Waals surface area contributed by atoms with Gasteiger partial charge in [-0.3, -0.25) is 0 Å². The zero-order chi connectivity index (χ0) is 4.50. The van der Waals surface area contributed by atoms with Crippen molar-refractivity contribution in [3.63, 3.8) is 0 Å². The maximum Gasteiger partial charge on any atom is 1.00 e. The first-order valence-corrected chi connectivity index (χ1v) is 4.47. The van der Waals surface area contributed by atoms with Crippen molar-refractivity contribution in [1.29, 1.82) is 0 Å². The van der Waals surface area contributed by atoms with Crippen LogP contribution >= 0.6 is 0 Å². The summed E-state index contributed by atoms with van der Waals surface area (Å²) in [5.41, 5.74) is 0. The van der Waals surface area contributed by atoms with Crippen LogP contribution in [0.1, 0.15) is 0 Å². The first-order chi connectivity index (χ1) is 2.00. The number of rotatable bonds is 0. The third-order valence-corrected chi connectivity index (χ3v) is 0. The molecule has 0 aliphatic rings. The SMILES string of the molecule is [F-].[F][Zr]([F])([F])[F].[Na+]. The molecule has 0 aromatic carbocycles. The zero-order valence-electron chi connectivity index (χ0n) is 3.39. The van der Waals surface area contributed by atoms with E-state index >= 15 is 0 Å². The fourth-order valence-corrected chi connectivity index (χ4v) is 0. The van der Waals surface area contributed by atoms with Gasteiger partial charge in [-0.2, -0.15) is 0 Å². The molecule has 40 valence electrons. The number of hydrogen-bond acceptors (Lipinski definition) is 0. The summed E-state index contributed by atoms with van der Waals surface area (Å²) < 4.78 is 39.6. The van der Waals surface area contributed by atoms with E-state index in [0.29, 0.717) is 0 Å². The van der Waals surface area contributed by atoms with Crippen LogP contribution in [0.15, 0.2) is 0 Å². The second-order valence-corrected chi connectivity index (χ2v) is 2.54. The third-order valence-electron chi connectivity index (χ3n) is 0. The van der Waals surface area contributed by atoms with Gasteiger partial charge in [0, 0.05) is 0 Å². The van der Waals surface area contributed by atoms with Crippen molar-refractivity contribution >= 4 is 0 Å². The summed E-state index contributed by atoms with van der Waals surface area (Å²) in [6, 6.07) is 0. The summed E-state index contributed by atoms with van der Waals surface area (Å²) in [4.78, 5) is 0. The molecule has 0 atom stereocenters. The van der Waals surface area contributed by atoms with Gasteiger partial charge in [0.25, 0.3) is 0 Å². The molecular formula is F5NaZr. The van der Waals surface area contributed by atoms with E-state index in [-0.39, 0.29) is 34.3 Å². The van der Waals surface area contributed by atoms with Crippen LogP contribution in [0.2, 0.25) is 0 Å². The molecule has 0 rings (SSSR count). The molecule has 0 heterocycles. The Balaban J connectivity index is -0.0000000800. The molecule has 0 radical (unpaired) electrons. The van der Waals surface area contributed by atoms with Crippen molar-refractivity contribution in [2.75, 3.05) is 0 Å². The Labute approximate surface area is 66.9 Å². The van der Waals surface area contributed by atoms with Crippen LogP contribution in [0.5, 0.6) is 0 Å². The minimum absolute atomic E-state index is 0. The van der Waals surface area contributed by atoms with Crippen molar-refractivity contribution in [1.82, 2.24) is 0 Å². The van der Waals surface area contributed by atoms with E-state index < -0.39 is 22.7 Å². The summed E-state index contributed by atoms with van der Waals surface area (Å²) in [6.45, 7) is 0. The van der Waals surface area contributed by atoms with Crippen molar-refractivity contribution < 1.29 is 67.5 Å². The van der Waals surface area contributed by atoms with Gasteiger partial charge < -0.3 is 4.70 Å². The van der Waals surface area contributed by atoms with Crippen molar-refractivity contribution in [2.45, 2.75) is 0 Å². The normalized spacial score (nSPS) is 8.57. The zero-order valence-corrected chi connectivity index (χ0v) is 7.85. The Bertz CT molecular complexity index is 23.6. The Morgan fingerprint density at radius 2 is 0.857 bits per heavy atom. The fraction of sp³-hybridized carbons (Fsp3) is 0. The quantitative estimate of drug-likeness (QED) is 0.280. The Hall–Kier alpha value is 1.53. The van der Waals surface area contributed by atoms with Crippen LogP contribution in [0.3, 0.4) is 0 Å². The first-order valence-electron chi connectivity index (χ1n) is 0.756. The molecule has 7 heteroatoms. The molecular weight excluding hydrogens is 209 g/mol. The summed E-state index contributed by atoms with van der Waals surface area (Å²) >= 11 is -7.18. The van der Waals surface area contributed by atoms with Crippen molar-refractivity contribution in [3.05, 3.63) is 0 Å². The fourth-order valence-electron chi connectivity index (χ4n) is 0. The molecule has 0 nitrogen and oxygen atoms in total. The van der Waals surface area contributed by atoms with E-state index in [0.717, 1.165) is 0 Å². The number of hydrogen-bond donors (Lipinski definition) is 0. The van der Waals surface area contributed by atoms with Crippen molar-refractivity contribution in [2.24, 2.45) is 0 Å². The minimum atomic E-state index is -7.18. The van der Waals surface area contributed by atoms with Crippen LogP contribution in [-0.4, -0.2) is 0 Å². The largest absolute Gasteiger partial charge is 1.00 e. The maximum absolute atomic E-state index is 9.90. The van der Waals surface area contributed by atoms with Crippen LogP contribution in [0, 0.1) is 0 Å². The van der Waals surface area contributed by atoms with Crippen LogP contribution in [-0.2, 0) is 22.7 Å². The summed E-state index contributed by atoms with van der Waals surface area (Å²) in [5.74, 6) is 0. The second-order valence-electron chi connectivity index (χ2n) is 0.429. The van der Waals surface area contributed by atoms with Gasteiger partial charge in [-0.05, 0) is 0 Å². The summed E-state index contributed by atoms with van der Waals surface area (Å²) in [6.07, 6.45) is 0. The average molecular weight is 209 g/mol. The van der Waals surface area contributed by atoms with E-state index in [1.54, 1.807) is 0 Å². The van der Waals surface area contributed by atoms with Gasteiger partial charge in [0.1, 0.15) is 0 Å². The van der Waals surface area contributed by atoms with E-state index in [9.17, 15) is 10.5 Å². The van der Waals surface area contributed by atoms with E-state index in [1.807, 2.05) is 0 Å². The van der Waals surface area contributed by atoms with Gasteiger partial charge in [-0.15, -0.1) is 0 Å². The summed E-state index contributed by atoms with van der Waals surface area (Å²) in [5, 5.41) is 0. The standard InChI is InChI=1S/5FH.Na.Zr/h5*1H;;/q;;;;;+1;+4/p-5. The van der Waals surface area contributed by atoms with Gasteiger partial charge in [-0.1, -0.05) is 0 Å². The first kappa shape index (κ1) is 15.8. The van der Waals surface area contributed by atoms with Crippen LogP contribution < -0.4 is 34.3 Å². The Morgan fingerprint density at radius 3 is 0.857 bits per heavy atom. The molecule has 0 aromatic heterocycles. The molecule has 0 saturated heterocycles. The molecule has 7 heavy (non-hydrogen) atoms. The minimum Gasteiger partial charge on any atom is 1.00 e. The smallest absolute Gasteiger partial charge is 1.00 e. The van der Waals surface area contributed by atoms with Gasteiger partial charge in [0.2, 0.25) is 0 Å². The van der Waals surface area contributed by atoms with Crippen LogP contribution in [0.25, 0.3) is 0 Å². The third kappa shape index (κ3) is 98.1. The van der Waals surface area contributed by atoms with Gasteiger partial charge >= 0.3 is 62.8 Å². The number of halogens is 5. The molecule has 0 aliphatic carbocycles. The van der Waals surface area contributed by atoms with E-state index in [1.165, 1.54) is 0 Å². The van der Waals surface area contributed by atoms with Gasteiger partial charge in [0.05, 0.1) is 0 Å². The van der Waals surface area contributed by atoms with Gasteiger partial charge in [-0.25, -0.2) is 0 Å². The monoisotopic (exact) mass is 208 g/mol. The van der Waals surface area contributed by atoms with Crippen LogP contribution in [0.4, 0.5) is 10.5 Å². The molecule has 0 fully saturated rings. The predicted molar refractivity (Wildman–Crippen MR) is 4.43 cm³/mol. The Kier molecular flexibility index (Phi) is 12.8. The van der Waals surface area contributed by atoms with E-state index in [4.69, 9.17) is 0 Å². The second kappa shape index (κ2) is 5.67. The predicted octanol–water partition coefficient (Wildman–Crippen LogP) is -4.31. The molecule has 0 spiro atoms. The van der Waals surface area contributed by atoms with Gasteiger partial charge in [0.15, 0.2) is 0 Å². The molecule has 0 amide bonds. The average Bonchev–Trinajstić information content (AvgIpc) is 0.722. The topological polar surface area (TPSA) is 0 Å². The molecule has 0 aromatic rings. The van der Waals surface area contributed by atoms with Crippen molar-refractivity contribution in [3.8, 4) is 0 Å². The molecule has 0 saturated carbocycles. The summed E-state index contributed by atoms with van der Waals surface area (Å²) in [7, 11) is 0. The van der Waals surface area contributed by atoms with E-state index in [2.05, 4.69) is 0 Å². The molecule has 0 bridgehead atoms. The molecule has 0 N–H and O–H groups in total. The molecule has 0 unspecified atom stereocenters. The maximum atomic E-state index is 9.90. The molecule has 0 aliphatic heterocycles.